The molecule has 80 valence electrons. The Morgan fingerprint density at radius 3 is 2.71 bits per heavy atom. The summed E-state index contributed by atoms with van der Waals surface area (Å²) in [6, 6.07) is -0.511. The molecule has 6 nitrogen and oxygen atoms in total. The maximum Gasteiger partial charge on any atom is 0.321 e. The van der Waals surface area contributed by atoms with Gasteiger partial charge >= 0.3 is 5.97 Å². The number of carboxylic acids is 1. The molecule has 0 bridgehead atoms. The molecule has 0 radical (unpaired) electrons. The number of hydrogen-bond acceptors (Lipinski definition) is 3. The highest BCUT2D eigenvalue weighted by molar-refractivity contribution is 5.73. The third-order valence-electron chi connectivity index (χ3n) is 1.87. The molecule has 1 atom stereocenters. The largest absolute Gasteiger partial charge is 0.480 e. The second-order valence-corrected chi connectivity index (χ2v) is 3.08. The lowest BCUT2D eigenvalue weighted by molar-refractivity contribution is -0.142. The maximum absolute atomic E-state index is 10.8. The molecule has 1 rings (SSSR count). The molecule has 0 spiro atoms. The average molecular weight is 201 g/mol. The standard InChI is InChI=1S/C8H13N3O2.H2O/c1-11(2)7(8(12)13)3-6-4-9-5-10-6;/h4-5,7H,3H2,1-2H3,(H,9,10)(H,12,13);1H2. The van der Waals surface area contributed by atoms with Crippen molar-refractivity contribution in [2.45, 2.75) is 12.5 Å². The van der Waals surface area contributed by atoms with E-state index >= 15 is 0 Å². The van der Waals surface area contributed by atoms with Gasteiger partial charge in [0.2, 0.25) is 0 Å². The lowest BCUT2D eigenvalue weighted by Gasteiger charge is -2.18. The summed E-state index contributed by atoms with van der Waals surface area (Å²) in [5.74, 6) is -0.826. The Labute approximate surface area is 81.9 Å². The summed E-state index contributed by atoms with van der Waals surface area (Å²) >= 11 is 0. The number of aromatic amines is 1. The van der Waals surface area contributed by atoms with Crippen LogP contribution in [-0.2, 0) is 11.2 Å². The first-order valence-corrected chi connectivity index (χ1v) is 3.98. The van der Waals surface area contributed by atoms with Gasteiger partial charge in [0.1, 0.15) is 6.04 Å². The molecule has 1 aromatic heterocycles. The van der Waals surface area contributed by atoms with E-state index in [1.54, 1.807) is 31.5 Å². The second kappa shape index (κ2) is 5.36. The van der Waals surface area contributed by atoms with E-state index in [1.165, 1.54) is 0 Å². The molecule has 0 saturated carbocycles. The second-order valence-electron chi connectivity index (χ2n) is 3.08. The number of carbonyl (C=O) groups is 1. The molecule has 0 aliphatic heterocycles. The Morgan fingerprint density at radius 1 is 1.71 bits per heavy atom. The fraction of sp³-hybridized carbons (Fsp3) is 0.500. The predicted molar refractivity (Wildman–Crippen MR) is 51.0 cm³/mol. The molecular formula is C8H15N3O3. The molecule has 0 saturated heterocycles. The lowest BCUT2D eigenvalue weighted by atomic mass is 10.1. The van der Waals surface area contributed by atoms with Crippen LogP contribution in [0.25, 0.3) is 0 Å². The minimum atomic E-state index is -0.826. The summed E-state index contributed by atoms with van der Waals surface area (Å²) in [7, 11) is 3.48. The number of likely N-dealkylation sites (N-methyl/N-ethyl adjacent to an activating group) is 1. The van der Waals surface area contributed by atoms with Gasteiger partial charge in [0.05, 0.1) is 12.0 Å². The monoisotopic (exact) mass is 201 g/mol. The number of rotatable bonds is 4. The smallest absolute Gasteiger partial charge is 0.321 e. The highest BCUT2D eigenvalue weighted by Crippen LogP contribution is 2.03. The van der Waals surface area contributed by atoms with Crippen molar-refractivity contribution in [3.63, 3.8) is 0 Å². The quantitative estimate of drug-likeness (QED) is 0.662. The zero-order valence-electron chi connectivity index (χ0n) is 8.19. The summed E-state index contributed by atoms with van der Waals surface area (Å²) in [5, 5.41) is 8.86. The van der Waals surface area contributed by atoms with Crippen LogP contribution in [-0.4, -0.2) is 51.6 Å². The van der Waals surface area contributed by atoms with Gasteiger partial charge in [-0.25, -0.2) is 4.98 Å². The van der Waals surface area contributed by atoms with Crippen molar-refractivity contribution < 1.29 is 15.4 Å². The van der Waals surface area contributed by atoms with Crippen LogP contribution in [0.4, 0.5) is 0 Å². The molecule has 0 fully saturated rings. The molecule has 1 unspecified atom stereocenters. The van der Waals surface area contributed by atoms with Gasteiger partial charge in [-0.15, -0.1) is 0 Å². The van der Waals surface area contributed by atoms with E-state index in [0.29, 0.717) is 6.42 Å². The molecule has 4 N–H and O–H groups in total. The molecule has 1 aromatic rings. The van der Waals surface area contributed by atoms with Crippen LogP contribution in [0.5, 0.6) is 0 Å². The van der Waals surface area contributed by atoms with E-state index in [4.69, 9.17) is 5.11 Å². The summed E-state index contributed by atoms with van der Waals surface area (Å²) in [4.78, 5) is 19.2. The van der Waals surface area contributed by atoms with Crippen molar-refractivity contribution in [3.05, 3.63) is 18.2 Å². The normalized spacial score (nSPS) is 12.2. The van der Waals surface area contributed by atoms with Crippen molar-refractivity contribution in [2.24, 2.45) is 0 Å². The average Bonchev–Trinajstić information content (AvgIpc) is 2.50. The van der Waals surface area contributed by atoms with Crippen molar-refractivity contribution in [1.29, 1.82) is 0 Å². The van der Waals surface area contributed by atoms with Crippen LogP contribution in [0.2, 0.25) is 0 Å². The van der Waals surface area contributed by atoms with Crippen LogP contribution in [0, 0.1) is 0 Å². The number of H-pyrrole nitrogens is 1. The highest BCUT2D eigenvalue weighted by atomic mass is 16.4. The third-order valence-corrected chi connectivity index (χ3v) is 1.87. The number of nitrogens with zero attached hydrogens (tertiary/aromatic N) is 2. The topological polar surface area (TPSA) is 101 Å². The van der Waals surface area contributed by atoms with Crippen molar-refractivity contribution in [2.75, 3.05) is 14.1 Å². The Kier molecular flexibility index (Phi) is 4.82. The molecule has 0 aliphatic carbocycles. The molecule has 14 heavy (non-hydrogen) atoms. The Bertz CT molecular complexity index is 271. The van der Waals surface area contributed by atoms with E-state index in [2.05, 4.69) is 9.97 Å². The van der Waals surface area contributed by atoms with Gasteiger partial charge in [0.25, 0.3) is 0 Å². The first-order chi connectivity index (χ1) is 6.11. The van der Waals surface area contributed by atoms with E-state index in [-0.39, 0.29) is 5.48 Å². The lowest BCUT2D eigenvalue weighted by Crippen LogP contribution is -2.37. The van der Waals surface area contributed by atoms with Gasteiger partial charge in [0.15, 0.2) is 0 Å². The van der Waals surface area contributed by atoms with Gasteiger partial charge < -0.3 is 15.6 Å². The number of hydrogen-bond donors (Lipinski definition) is 2. The van der Waals surface area contributed by atoms with Crippen molar-refractivity contribution in [3.8, 4) is 0 Å². The minimum absolute atomic E-state index is 0. The van der Waals surface area contributed by atoms with Gasteiger partial charge in [-0.05, 0) is 14.1 Å². The number of aromatic nitrogens is 2. The van der Waals surface area contributed by atoms with Gasteiger partial charge in [0, 0.05) is 12.6 Å². The van der Waals surface area contributed by atoms with Crippen LogP contribution >= 0.6 is 0 Å². The minimum Gasteiger partial charge on any atom is -0.480 e. The van der Waals surface area contributed by atoms with Gasteiger partial charge in [-0.2, -0.15) is 0 Å². The first kappa shape index (κ1) is 12.6. The van der Waals surface area contributed by atoms with E-state index < -0.39 is 12.0 Å². The SMILES string of the molecule is CN(C)C(Cc1c[nH]cn1)C(=O)O.O. The summed E-state index contributed by atoms with van der Waals surface area (Å²) in [6.07, 6.45) is 3.68. The zero-order chi connectivity index (χ0) is 9.84. The predicted octanol–water partition coefficient (Wildman–Crippen LogP) is -0.858. The Balaban J connectivity index is 0.00000169. The van der Waals surface area contributed by atoms with E-state index in [9.17, 15) is 4.79 Å². The summed E-state index contributed by atoms with van der Waals surface area (Å²) in [6.45, 7) is 0. The van der Waals surface area contributed by atoms with Crippen molar-refractivity contribution >= 4 is 5.97 Å². The summed E-state index contributed by atoms with van der Waals surface area (Å²) < 4.78 is 0. The molecular weight excluding hydrogens is 186 g/mol. The van der Waals surface area contributed by atoms with Crippen LogP contribution in [0.3, 0.4) is 0 Å². The molecule has 0 amide bonds. The fourth-order valence-corrected chi connectivity index (χ4v) is 1.09. The van der Waals surface area contributed by atoms with Crippen LogP contribution in [0.15, 0.2) is 12.5 Å². The molecule has 6 heteroatoms. The van der Waals surface area contributed by atoms with Gasteiger partial charge in [-0.1, -0.05) is 0 Å². The fourth-order valence-electron chi connectivity index (χ4n) is 1.09. The number of aliphatic carboxylic acids is 1. The first-order valence-electron chi connectivity index (χ1n) is 3.98. The van der Waals surface area contributed by atoms with E-state index in [1.807, 2.05) is 0 Å². The van der Waals surface area contributed by atoms with Crippen molar-refractivity contribution in [1.82, 2.24) is 14.9 Å². The molecule has 1 heterocycles. The maximum atomic E-state index is 10.8. The van der Waals surface area contributed by atoms with Crippen LogP contribution in [0.1, 0.15) is 5.69 Å². The Hall–Kier alpha value is -1.40. The Morgan fingerprint density at radius 2 is 2.36 bits per heavy atom. The number of nitrogens with one attached hydrogen (secondary N) is 1. The zero-order valence-corrected chi connectivity index (χ0v) is 8.19. The number of imidazole rings is 1. The third kappa shape index (κ3) is 3.15. The van der Waals surface area contributed by atoms with Crippen LogP contribution < -0.4 is 0 Å². The van der Waals surface area contributed by atoms with E-state index in [0.717, 1.165) is 5.69 Å². The van der Waals surface area contributed by atoms with Gasteiger partial charge in [-0.3, -0.25) is 9.69 Å². The molecule has 0 aliphatic rings. The summed E-state index contributed by atoms with van der Waals surface area (Å²) in [5.41, 5.74) is 0.765. The number of carboxylic acid groups (broad SMARTS) is 1. The highest BCUT2D eigenvalue weighted by Gasteiger charge is 2.20. The molecule has 0 aromatic carbocycles.